The normalized spacial score (nSPS) is 22.7. The van der Waals surface area contributed by atoms with Gasteiger partial charge in [-0.3, -0.25) is 9.69 Å². The molecule has 0 aliphatic carbocycles. The Morgan fingerprint density at radius 3 is 2.86 bits per heavy atom. The molecular formula is C14H17N5O2. The Morgan fingerprint density at radius 2 is 2.14 bits per heavy atom. The monoisotopic (exact) mass is 287 g/mol. The van der Waals surface area contributed by atoms with Crippen LogP contribution in [0.1, 0.15) is 12.2 Å². The molecule has 2 heterocycles. The molecule has 1 aromatic carbocycles. The van der Waals surface area contributed by atoms with Crippen LogP contribution in [0.25, 0.3) is 10.9 Å². The van der Waals surface area contributed by atoms with E-state index in [-0.39, 0.29) is 0 Å². The highest BCUT2D eigenvalue weighted by atomic mass is 16.4. The van der Waals surface area contributed by atoms with Crippen molar-refractivity contribution in [1.29, 1.82) is 0 Å². The minimum absolute atomic E-state index is 0.290. The van der Waals surface area contributed by atoms with Gasteiger partial charge < -0.3 is 16.6 Å². The van der Waals surface area contributed by atoms with Crippen LogP contribution in [-0.4, -0.2) is 44.6 Å². The van der Waals surface area contributed by atoms with Crippen molar-refractivity contribution in [2.45, 2.75) is 18.5 Å². The highest BCUT2D eigenvalue weighted by Gasteiger charge is 2.41. The predicted octanol–water partition coefficient (Wildman–Crippen LogP) is 0.200. The Balaban J connectivity index is 1.82. The van der Waals surface area contributed by atoms with Crippen molar-refractivity contribution in [2.24, 2.45) is 5.73 Å². The van der Waals surface area contributed by atoms with Gasteiger partial charge in [0, 0.05) is 18.5 Å². The molecule has 2 aromatic rings. The molecule has 1 fully saturated rings. The molecule has 0 amide bonds. The number of aliphatic carboxylic acids is 1. The Hall–Kier alpha value is -2.25. The summed E-state index contributed by atoms with van der Waals surface area (Å²) in [6, 6.07) is 7.53. The molecule has 1 atom stereocenters. The number of hydrogen-bond acceptors (Lipinski definition) is 6. The Bertz CT molecular complexity index is 705. The van der Waals surface area contributed by atoms with E-state index in [1.807, 2.05) is 29.2 Å². The van der Waals surface area contributed by atoms with Crippen molar-refractivity contribution in [3.63, 3.8) is 0 Å². The van der Waals surface area contributed by atoms with Gasteiger partial charge in [0.2, 0.25) is 0 Å². The number of nitrogens with two attached hydrogens (primary N) is 2. The predicted molar refractivity (Wildman–Crippen MR) is 78.4 cm³/mol. The second kappa shape index (κ2) is 4.94. The average Bonchev–Trinajstić information content (AvgIpc) is 2.82. The largest absolute Gasteiger partial charge is 0.480 e. The molecule has 1 aromatic heterocycles. The number of likely N-dealkylation sites (tertiary alicyclic amines) is 1. The minimum atomic E-state index is -1.18. The summed E-state index contributed by atoms with van der Waals surface area (Å²) < 4.78 is 0. The van der Waals surface area contributed by atoms with Crippen LogP contribution in [0.4, 0.5) is 5.82 Å². The zero-order valence-electron chi connectivity index (χ0n) is 11.5. The Labute approximate surface area is 121 Å². The number of hydrogen-bond donors (Lipinski definition) is 3. The van der Waals surface area contributed by atoms with Gasteiger partial charge in [-0.2, -0.15) is 0 Å². The lowest BCUT2D eigenvalue weighted by Gasteiger charge is -2.19. The number of para-hydroxylation sites is 1. The van der Waals surface area contributed by atoms with Gasteiger partial charge in [0.15, 0.2) is 0 Å². The zero-order valence-corrected chi connectivity index (χ0v) is 11.5. The summed E-state index contributed by atoms with van der Waals surface area (Å²) in [4.78, 5) is 21.9. The Morgan fingerprint density at radius 1 is 1.38 bits per heavy atom. The third-order valence-corrected chi connectivity index (χ3v) is 3.85. The molecule has 1 aliphatic rings. The zero-order chi connectivity index (χ0) is 15.0. The van der Waals surface area contributed by atoms with Gasteiger partial charge >= 0.3 is 5.97 Å². The summed E-state index contributed by atoms with van der Waals surface area (Å²) in [7, 11) is 0. The first-order valence-electron chi connectivity index (χ1n) is 6.74. The van der Waals surface area contributed by atoms with Crippen LogP contribution in [0, 0.1) is 0 Å². The summed E-state index contributed by atoms with van der Waals surface area (Å²) >= 11 is 0. The van der Waals surface area contributed by atoms with E-state index >= 15 is 0 Å². The van der Waals surface area contributed by atoms with E-state index in [9.17, 15) is 4.79 Å². The third-order valence-electron chi connectivity index (χ3n) is 3.85. The van der Waals surface area contributed by atoms with E-state index < -0.39 is 11.5 Å². The molecule has 7 heteroatoms. The van der Waals surface area contributed by atoms with E-state index in [1.165, 1.54) is 0 Å². The number of nitrogen functional groups attached to an aromatic ring is 1. The standard InChI is InChI=1S/C14H17N5O2/c15-12-9-3-1-2-4-10(9)17-11(18-12)7-19-6-5-14(16,8-19)13(20)21/h1-4H,5-8,16H2,(H,20,21)(H2,15,17,18). The number of nitrogens with zero attached hydrogens (tertiary/aromatic N) is 3. The molecule has 110 valence electrons. The lowest BCUT2D eigenvalue weighted by molar-refractivity contribution is -0.142. The molecule has 1 aliphatic heterocycles. The number of aromatic nitrogens is 2. The number of rotatable bonds is 3. The number of carboxylic acid groups (broad SMARTS) is 1. The fraction of sp³-hybridized carbons (Fsp3) is 0.357. The molecule has 0 spiro atoms. The molecule has 0 radical (unpaired) electrons. The lowest BCUT2D eigenvalue weighted by atomic mass is 10.0. The summed E-state index contributed by atoms with van der Waals surface area (Å²) in [6.45, 7) is 1.35. The van der Waals surface area contributed by atoms with Gasteiger partial charge in [0.25, 0.3) is 0 Å². The highest BCUT2D eigenvalue weighted by Crippen LogP contribution is 2.22. The van der Waals surface area contributed by atoms with Crippen molar-refractivity contribution < 1.29 is 9.90 Å². The average molecular weight is 287 g/mol. The Kier molecular flexibility index (Phi) is 3.23. The van der Waals surface area contributed by atoms with Crippen molar-refractivity contribution in [1.82, 2.24) is 14.9 Å². The molecular weight excluding hydrogens is 270 g/mol. The maximum absolute atomic E-state index is 11.1. The summed E-state index contributed by atoms with van der Waals surface area (Å²) in [6.07, 6.45) is 0.422. The van der Waals surface area contributed by atoms with Crippen molar-refractivity contribution in [2.75, 3.05) is 18.8 Å². The summed E-state index contributed by atoms with van der Waals surface area (Å²) in [5.41, 5.74) is 11.4. The van der Waals surface area contributed by atoms with Gasteiger partial charge in [-0.25, -0.2) is 9.97 Å². The van der Waals surface area contributed by atoms with Gasteiger partial charge in [-0.15, -0.1) is 0 Å². The van der Waals surface area contributed by atoms with E-state index in [0.29, 0.717) is 37.7 Å². The molecule has 5 N–H and O–H groups in total. The number of carboxylic acids is 1. The first-order valence-corrected chi connectivity index (χ1v) is 6.74. The van der Waals surface area contributed by atoms with Crippen LogP contribution in [-0.2, 0) is 11.3 Å². The van der Waals surface area contributed by atoms with Gasteiger partial charge in [0.05, 0.1) is 12.1 Å². The second-order valence-corrected chi connectivity index (χ2v) is 5.46. The molecule has 7 nitrogen and oxygen atoms in total. The number of fused-ring (bicyclic) bond motifs is 1. The van der Waals surface area contributed by atoms with Crippen LogP contribution in [0.5, 0.6) is 0 Å². The van der Waals surface area contributed by atoms with Crippen LogP contribution >= 0.6 is 0 Å². The molecule has 1 unspecified atom stereocenters. The number of benzene rings is 1. The molecule has 0 bridgehead atoms. The van der Waals surface area contributed by atoms with Crippen molar-refractivity contribution in [3.05, 3.63) is 30.1 Å². The van der Waals surface area contributed by atoms with Gasteiger partial charge in [-0.05, 0) is 18.6 Å². The topological polar surface area (TPSA) is 118 Å². The number of carbonyl (C=O) groups is 1. The van der Waals surface area contributed by atoms with E-state index in [2.05, 4.69) is 9.97 Å². The van der Waals surface area contributed by atoms with Crippen molar-refractivity contribution >= 4 is 22.7 Å². The minimum Gasteiger partial charge on any atom is -0.480 e. The third kappa shape index (κ3) is 2.53. The first-order chi connectivity index (χ1) is 9.98. The van der Waals surface area contributed by atoms with Crippen LogP contribution in [0.2, 0.25) is 0 Å². The lowest BCUT2D eigenvalue weighted by Crippen LogP contribution is -2.50. The van der Waals surface area contributed by atoms with Gasteiger partial charge in [0.1, 0.15) is 17.2 Å². The van der Waals surface area contributed by atoms with Crippen LogP contribution < -0.4 is 11.5 Å². The first kappa shape index (κ1) is 13.7. The highest BCUT2D eigenvalue weighted by molar-refractivity contribution is 5.87. The van der Waals surface area contributed by atoms with Crippen LogP contribution in [0.3, 0.4) is 0 Å². The van der Waals surface area contributed by atoms with E-state index in [1.54, 1.807) is 0 Å². The fourth-order valence-electron chi connectivity index (χ4n) is 2.65. The number of anilines is 1. The summed E-state index contributed by atoms with van der Waals surface area (Å²) in [5, 5.41) is 9.96. The maximum atomic E-state index is 11.1. The maximum Gasteiger partial charge on any atom is 0.325 e. The van der Waals surface area contributed by atoms with Crippen LogP contribution in [0.15, 0.2) is 24.3 Å². The molecule has 21 heavy (non-hydrogen) atoms. The fourth-order valence-corrected chi connectivity index (χ4v) is 2.65. The molecule has 1 saturated heterocycles. The quantitative estimate of drug-likeness (QED) is 0.737. The van der Waals surface area contributed by atoms with E-state index in [4.69, 9.17) is 16.6 Å². The summed E-state index contributed by atoms with van der Waals surface area (Å²) in [5.74, 6) is 0.0526. The van der Waals surface area contributed by atoms with E-state index in [0.717, 1.165) is 10.9 Å². The van der Waals surface area contributed by atoms with Gasteiger partial charge in [-0.1, -0.05) is 12.1 Å². The SMILES string of the molecule is Nc1nc(CN2CCC(N)(C(=O)O)C2)nc2ccccc12. The molecule has 3 rings (SSSR count). The second-order valence-electron chi connectivity index (χ2n) is 5.46. The smallest absolute Gasteiger partial charge is 0.325 e. The van der Waals surface area contributed by atoms with Crippen molar-refractivity contribution in [3.8, 4) is 0 Å². The molecule has 0 saturated carbocycles.